The summed E-state index contributed by atoms with van der Waals surface area (Å²) in [5.74, 6) is 0.624. The molecule has 2 aromatic heterocycles. The lowest BCUT2D eigenvalue weighted by Gasteiger charge is -2.38. The highest BCUT2D eigenvalue weighted by atomic mass is 16.5. The van der Waals surface area contributed by atoms with Gasteiger partial charge in [-0.15, -0.1) is 0 Å². The highest BCUT2D eigenvalue weighted by molar-refractivity contribution is 5.94. The number of hydrogen-bond donors (Lipinski definition) is 2. The van der Waals surface area contributed by atoms with E-state index in [1.165, 1.54) is 0 Å². The van der Waals surface area contributed by atoms with Crippen molar-refractivity contribution in [1.29, 1.82) is 0 Å². The summed E-state index contributed by atoms with van der Waals surface area (Å²) in [5, 5.41) is 12.8. The van der Waals surface area contributed by atoms with E-state index in [1.807, 2.05) is 29.1 Å². The van der Waals surface area contributed by atoms with Gasteiger partial charge in [0.05, 0.1) is 24.8 Å². The van der Waals surface area contributed by atoms with Crippen molar-refractivity contribution in [1.82, 2.24) is 14.9 Å². The van der Waals surface area contributed by atoms with Crippen LogP contribution in [-0.4, -0.2) is 33.8 Å². The topological polar surface area (TPSA) is 76.4 Å². The molecule has 0 spiro atoms. The van der Waals surface area contributed by atoms with E-state index in [-0.39, 0.29) is 29.5 Å². The molecule has 2 aromatic rings. The molecule has 1 saturated carbocycles. The van der Waals surface area contributed by atoms with Crippen molar-refractivity contribution in [2.24, 2.45) is 5.92 Å². The Hall–Kier alpha value is -2.34. The van der Waals surface area contributed by atoms with Crippen molar-refractivity contribution in [2.75, 3.05) is 7.11 Å². The number of aromatic nitrogens is 2. The number of aliphatic hydroxyl groups excluding tert-OH is 1. The maximum Gasteiger partial charge on any atom is 0.253 e. The Balaban J connectivity index is 1.78. The number of aliphatic hydroxyl groups is 1. The predicted molar refractivity (Wildman–Crippen MR) is 99.2 cm³/mol. The van der Waals surface area contributed by atoms with Crippen molar-refractivity contribution in [3.8, 4) is 5.88 Å². The fourth-order valence-electron chi connectivity index (χ4n) is 3.24. The molecule has 2 heterocycles. The van der Waals surface area contributed by atoms with Crippen LogP contribution in [0, 0.1) is 5.92 Å². The third-order valence-corrected chi connectivity index (χ3v) is 4.96. The van der Waals surface area contributed by atoms with Crippen LogP contribution in [0.3, 0.4) is 0 Å². The first kappa shape index (κ1) is 18.5. The SMILES string of the molecule is COc1ccc([C@@H](NC(=O)c2ccn(C(C)(C)C)c2)C2CC(O)C2)cn1. The summed E-state index contributed by atoms with van der Waals surface area (Å²) in [7, 11) is 1.57. The minimum absolute atomic E-state index is 0.0735. The van der Waals surface area contributed by atoms with Gasteiger partial charge in [-0.3, -0.25) is 4.79 Å². The number of carbonyl (C=O) groups is 1. The van der Waals surface area contributed by atoms with Crippen LogP contribution in [0.2, 0.25) is 0 Å². The fourth-order valence-corrected chi connectivity index (χ4v) is 3.24. The molecule has 0 saturated heterocycles. The lowest BCUT2D eigenvalue weighted by atomic mass is 9.75. The normalized spacial score (nSPS) is 21.0. The van der Waals surface area contributed by atoms with Crippen LogP contribution in [0.1, 0.15) is 55.6 Å². The molecule has 0 aliphatic heterocycles. The van der Waals surface area contributed by atoms with Crippen LogP contribution in [0.5, 0.6) is 5.88 Å². The largest absolute Gasteiger partial charge is 0.481 e. The molecule has 0 radical (unpaired) electrons. The van der Waals surface area contributed by atoms with Crippen LogP contribution in [0.15, 0.2) is 36.8 Å². The minimum Gasteiger partial charge on any atom is -0.481 e. The number of ether oxygens (including phenoxy) is 1. The zero-order valence-corrected chi connectivity index (χ0v) is 15.8. The van der Waals surface area contributed by atoms with Crippen molar-refractivity contribution in [3.05, 3.63) is 47.9 Å². The molecule has 1 atom stereocenters. The number of pyridine rings is 1. The van der Waals surface area contributed by atoms with Gasteiger partial charge in [-0.1, -0.05) is 6.07 Å². The van der Waals surface area contributed by atoms with Crippen LogP contribution in [0.4, 0.5) is 0 Å². The van der Waals surface area contributed by atoms with Crippen LogP contribution in [-0.2, 0) is 5.54 Å². The van der Waals surface area contributed by atoms with Gasteiger partial charge in [0.2, 0.25) is 5.88 Å². The smallest absolute Gasteiger partial charge is 0.253 e. The highest BCUT2D eigenvalue weighted by Gasteiger charge is 2.36. The fraction of sp³-hybridized carbons (Fsp3) is 0.500. The minimum atomic E-state index is -0.285. The molecule has 6 nitrogen and oxygen atoms in total. The molecule has 0 aromatic carbocycles. The van der Waals surface area contributed by atoms with E-state index in [0.717, 1.165) is 5.56 Å². The number of nitrogens with zero attached hydrogens (tertiary/aromatic N) is 2. The summed E-state index contributed by atoms with van der Waals surface area (Å²) in [5.41, 5.74) is 1.48. The summed E-state index contributed by atoms with van der Waals surface area (Å²) in [6, 6.07) is 5.36. The van der Waals surface area contributed by atoms with Gasteiger partial charge in [-0.05, 0) is 51.2 Å². The van der Waals surface area contributed by atoms with Gasteiger partial charge in [0.1, 0.15) is 0 Å². The zero-order chi connectivity index (χ0) is 18.9. The molecule has 2 N–H and O–H groups in total. The molecule has 1 amide bonds. The number of hydrogen-bond acceptors (Lipinski definition) is 4. The van der Waals surface area contributed by atoms with Gasteiger partial charge in [0.15, 0.2) is 0 Å². The molecule has 1 aliphatic carbocycles. The number of nitrogens with one attached hydrogen (secondary N) is 1. The van der Waals surface area contributed by atoms with E-state index in [9.17, 15) is 9.90 Å². The third kappa shape index (κ3) is 3.90. The second-order valence-corrected chi connectivity index (χ2v) is 7.95. The van der Waals surface area contributed by atoms with E-state index >= 15 is 0 Å². The van der Waals surface area contributed by atoms with E-state index in [1.54, 1.807) is 19.4 Å². The second kappa shape index (κ2) is 7.11. The molecular weight excluding hydrogens is 330 g/mol. The Morgan fingerprint density at radius 3 is 2.58 bits per heavy atom. The Morgan fingerprint density at radius 2 is 2.08 bits per heavy atom. The maximum absolute atomic E-state index is 12.8. The molecule has 6 heteroatoms. The van der Waals surface area contributed by atoms with Crippen LogP contribution < -0.4 is 10.1 Å². The predicted octanol–water partition coefficient (Wildman–Crippen LogP) is 2.89. The van der Waals surface area contributed by atoms with Gasteiger partial charge in [-0.25, -0.2) is 4.98 Å². The standard InChI is InChI=1S/C20H27N3O3/c1-20(2,3)23-8-7-14(12-23)19(25)22-18(15-9-16(24)10-15)13-5-6-17(26-4)21-11-13/h5-8,11-12,15-16,18,24H,9-10H2,1-4H3,(H,22,25)/t15?,16?,18-/m1/s1. The van der Waals surface area contributed by atoms with E-state index in [4.69, 9.17) is 4.74 Å². The first-order valence-electron chi connectivity index (χ1n) is 8.95. The average molecular weight is 357 g/mol. The quantitative estimate of drug-likeness (QED) is 0.863. The van der Waals surface area contributed by atoms with Crippen molar-refractivity contribution < 1.29 is 14.6 Å². The number of amides is 1. The van der Waals surface area contributed by atoms with Gasteiger partial charge in [-0.2, -0.15) is 0 Å². The lowest BCUT2D eigenvalue weighted by molar-refractivity contribution is 0.0234. The molecule has 140 valence electrons. The van der Waals surface area contributed by atoms with Crippen molar-refractivity contribution in [3.63, 3.8) is 0 Å². The Bertz CT molecular complexity index is 755. The molecule has 1 fully saturated rings. The van der Waals surface area contributed by atoms with E-state index in [0.29, 0.717) is 24.3 Å². The maximum atomic E-state index is 12.8. The molecular formula is C20H27N3O3. The van der Waals surface area contributed by atoms with Crippen LogP contribution >= 0.6 is 0 Å². The van der Waals surface area contributed by atoms with E-state index in [2.05, 4.69) is 31.1 Å². The third-order valence-electron chi connectivity index (χ3n) is 4.96. The average Bonchev–Trinajstić information content (AvgIpc) is 3.08. The molecule has 1 aliphatic rings. The molecule has 3 rings (SSSR count). The summed E-state index contributed by atoms with van der Waals surface area (Å²) in [6.07, 6.45) is 6.60. The molecule has 26 heavy (non-hydrogen) atoms. The van der Waals surface area contributed by atoms with Crippen molar-refractivity contribution in [2.45, 2.75) is 51.3 Å². The summed E-state index contributed by atoms with van der Waals surface area (Å²) in [4.78, 5) is 17.0. The van der Waals surface area contributed by atoms with Crippen LogP contribution in [0.25, 0.3) is 0 Å². The Morgan fingerprint density at radius 1 is 1.35 bits per heavy atom. The number of rotatable bonds is 5. The highest BCUT2D eigenvalue weighted by Crippen LogP contribution is 2.38. The first-order chi connectivity index (χ1) is 12.3. The van der Waals surface area contributed by atoms with Crippen molar-refractivity contribution >= 4 is 5.91 Å². The molecule has 0 bridgehead atoms. The summed E-state index contributed by atoms with van der Waals surface area (Å²) >= 11 is 0. The van der Waals surface area contributed by atoms with Gasteiger partial charge < -0.3 is 19.7 Å². The lowest BCUT2D eigenvalue weighted by Crippen LogP contribution is -2.41. The molecule has 0 unspecified atom stereocenters. The van der Waals surface area contributed by atoms with Gasteiger partial charge in [0, 0.05) is 30.2 Å². The van der Waals surface area contributed by atoms with Gasteiger partial charge >= 0.3 is 0 Å². The summed E-state index contributed by atoms with van der Waals surface area (Å²) < 4.78 is 7.14. The zero-order valence-electron chi connectivity index (χ0n) is 15.8. The Kier molecular flexibility index (Phi) is 5.05. The van der Waals surface area contributed by atoms with Gasteiger partial charge in [0.25, 0.3) is 5.91 Å². The van der Waals surface area contributed by atoms with E-state index < -0.39 is 0 Å². The number of methoxy groups -OCH3 is 1. The Labute approximate surface area is 154 Å². The summed E-state index contributed by atoms with van der Waals surface area (Å²) in [6.45, 7) is 6.28. The monoisotopic (exact) mass is 357 g/mol. The second-order valence-electron chi connectivity index (χ2n) is 7.95. The number of carbonyl (C=O) groups excluding carboxylic acids is 1. The first-order valence-corrected chi connectivity index (χ1v) is 8.95.